The second-order valence-electron chi connectivity index (χ2n) is 8.64. The van der Waals surface area contributed by atoms with E-state index in [0.717, 1.165) is 19.3 Å². The van der Waals surface area contributed by atoms with Crippen LogP contribution in [0.3, 0.4) is 0 Å². The fraction of sp³-hybridized carbons (Fsp3) is 0.650. The Bertz CT molecular complexity index is 1060. The Morgan fingerprint density at radius 3 is 2.65 bits per heavy atom. The largest absolute Gasteiger partial charge is 0.481 e. The van der Waals surface area contributed by atoms with Crippen molar-refractivity contribution in [1.29, 1.82) is 0 Å². The van der Waals surface area contributed by atoms with Crippen LogP contribution in [-0.4, -0.2) is 67.2 Å². The minimum Gasteiger partial charge on any atom is -0.481 e. The zero-order chi connectivity index (χ0) is 24.9. The first-order valence-corrected chi connectivity index (χ1v) is 13.1. The average Bonchev–Trinajstić information content (AvgIpc) is 3.12. The summed E-state index contributed by atoms with van der Waals surface area (Å²) in [5, 5.41) is 14.7. The first-order valence-electron chi connectivity index (χ1n) is 11.2. The summed E-state index contributed by atoms with van der Waals surface area (Å²) in [6, 6.07) is -1.49. The number of nitrogens with zero attached hydrogens (tertiary/aromatic N) is 4. The Morgan fingerprint density at radius 2 is 2.00 bits per heavy atom. The second kappa shape index (κ2) is 11.2. The summed E-state index contributed by atoms with van der Waals surface area (Å²) in [7, 11) is -3.53. The van der Waals surface area contributed by atoms with E-state index in [-0.39, 0.29) is 24.7 Å². The predicted octanol–water partition coefficient (Wildman–Crippen LogP) is 1.49. The minimum atomic E-state index is -3.53. The van der Waals surface area contributed by atoms with Crippen LogP contribution in [0.1, 0.15) is 46.5 Å². The van der Waals surface area contributed by atoms with Crippen molar-refractivity contribution in [3.05, 3.63) is 12.7 Å². The van der Waals surface area contributed by atoms with E-state index in [9.17, 15) is 14.2 Å². The van der Waals surface area contributed by atoms with Gasteiger partial charge in [-0.1, -0.05) is 0 Å². The molecule has 2 aromatic rings. The fourth-order valence-electron chi connectivity index (χ4n) is 3.49. The molecule has 2 aromatic heterocycles. The molecule has 0 saturated heterocycles. The number of aliphatic carboxylic acids is 1. The predicted molar refractivity (Wildman–Crippen MR) is 124 cm³/mol. The van der Waals surface area contributed by atoms with Crippen molar-refractivity contribution in [3.8, 4) is 0 Å². The lowest BCUT2D eigenvalue weighted by molar-refractivity contribution is -0.154. The van der Waals surface area contributed by atoms with Gasteiger partial charge in [-0.2, -0.15) is 0 Å². The molecule has 34 heavy (non-hydrogen) atoms. The summed E-state index contributed by atoms with van der Waals surface area (Å²) in [6.45, 7) is 5.29. The summed E-state index contributed by atoms with van der Waals surface area (Å²) in [6.07, 6.45) is 4.53. The zero-order valence-corrected chi connectivity index (χ0v) is 20.4. The van der Waals surface area contributed by atoms with E-state index in [0.29, 0.717) is 17.7 Å². The summed E-state index contributed by atoms with van der Waals surface area (Å²) < 4.78 is 26.6. The standard InChI is InChI=1S/C20H32N7O6P/c1-12(7-16(28)29)25-34(31,26-14(3)20(30)33-15-5-4-6-15)11-32-13(2)8-27-10-24-17-18(21)22-9-23-19(17)27/h9-10,12-15H,4-8,11H2,1-3H3,(H,28,29)(H2,21,22,23)(H2,25,26,31)/t12-,13+,14+,34+/m0/s1. The molecule has 1 aliphatic rings. The number of aromatic nitrogens is 4. The molecule has 0 amide bonds. The van der Waals surface area contributed by atoms with Gasteiger partial charge in [-0.05, 0) is 40.0 Å². The first kappa shape index (κ1) is 26.0. The monoisotopic (exact) mass is 497 g/mol. The smallest absolute Gasteiger partial charge is 0.323 e. The van der Waals surface area contributed by atoms with E-state index in [4.69, 9.17) is 20.3 Å². The number of nitrogens with two attached hydrogens (primary N) is 1. The van der Waals surface area contributed by atoms with Gasteiger partial charge in [-0.25, -0.2) is 25.1 Å². The van der Waals surface area contributed by atoms with E-state index in [1.807, 2.05) is 0 Å². The van der Waals surface area contributed by atoms with Crippen LogP contribution in [0.5, 0.6) is 0 Å². The lowest BCUT2D eigenvalue weighted by atomic mass is 9.96. The molecule has 1 fully saturated rings. The number of imidazole rings is 1. The van der Waals surface area contributed by atoms with Crippen molar-refractivity contribution in [1.82, 2.24) is 29.7 Å². The van der Waals surface area contributed by atoms with Crippen LogP contribution >= 0.6 is 7.44 Å². The molecule has 5 N–H and O–H groups in total. The molecule has 2 heterocycles. The number of carboxylic acid groups (broad SMARTS) is 1. The lowest BCUT2D eigenvalue weighted by Crippen LogP contribution is -2.42. The number of fused-ring (bicyclic) bond motifs is 1. The molecule has 1 saturated carbocycles. The van der Waals surface area contributed by atoms with E-state index in [1.54, 1.807) is 31.7 Å². The number of carbonyl (C=O) groups is 2. The third-order valence-electron chi connectivity index (χ3n) is 5.42. The number of hydrogen-bond donors (Lipinski definition) is 4. The Morgan fingerprint density at radius 1 is 1.26 bits per heavy atom. The lowest BCUT2D eigenvalue weighted by Gasteiger charge is -2.30. The molecule has 0 unspecified atom stereocenters. The number of carbonyl (C=O) groups excluding carboxylic acids is 1. The molecule has 4 atom stereocenters. The van der Waals surface area contributed by atoms with Gasteiger partial charge in [-0.15, -0.1) is 0 Å². The third kappa shape index (κ3) is 6.95. The highest BCUT2D eigenvalue weighted by molar-refractivity contribution is 7.59. The van der Waals surface area contributed by atoms with Gasteiger partial charge in [0.15, 0.2) is 11.5 Å². The van der Waals surface area contributed by atoms with Crippen LogP contribution in [-0.2, 0) is 30.2 Å². The molecular weight excluding hydrogens is 465 g/mol. The van der Waals surface area contributed by atoms with Crippen molar-refractivity contribution < 1.29 is 28.7 Å². The normalized spacial score (nSPS) is 18.6. The number of nitrogen functional groups attached to an aromatic ring is 1. The van der Waals surface area contributed by atoms with E-state index >= 15 is 0 Å². The third-order valence-corrected chi connectivity index (χ3v) is 7.60. The van der Waals surface area contributed by atoms with Crippen LogP contribution in [0, 0.1) is 0 Å². The SMILES string of the molecule is C[C@H](Cn1cnc2c(N)ncnc21)OC[P@@](=O)(N[C@@H](C)CC(=O)O)N[C@H](C)C(=O)OC1CCC1. The molecule has 3 rings (SSSR count). The molecule has 13 nitrogen and oxygen atoms in total. The maximum atomic E-state index is 13.6. The van der Waals surface area contributed by atoms with Gasteiger partial charge in [-0.3, -0.25) is 14.2 Å². The van der Waals surface area contributed by atoms with Crippen LogP contribution in [0.2, 0.25) is 0 Å². The van der Waals surface area contributed by atoms with Gasteiger partial charge in [0.25, 0.3) is 0 Å². The van der Waals surface area contributed by atoms with Gasteiger partial charge in [0.1, 0.15) is 30.3 Å². The molecule has 0 bridgehead atoms. The van der Waals surface area contributed by atoms with E-state index in [1.165, 1.54) is 6.33 Å². The van der Waals surface area contributed by atoms with Crippen molar-refractivity contribution in [3.63, 3.8) is 0 Å². The van der Waals surface area contributed by atoms with Gasteiger partial charge >= 0.3 is 11.9 Å². The number of esters is 1. The zero-order valence-electron chi connectivity index (χ0n) is 19.5. The highest BCUT2D eigenvalue weighted by Crippen LogP contribution is 2.38. The Hall–Kier alpha value is -2.60. The van der Waals surface area contributed by atoms with Crippen molar-refractivity contribution in [2.24, 2.45) is 0 Å². The Balaban J connectivity index is 1.64. The maximum absolute atomic E-state index is 13.6. The topological polar surface area (TPSA) is 184 Å². The van der Waals surface area contributed by atoms with Crippen molar-refractivity contribution >= 4 is 36.4 Å². The summed E-state index contributed by atoms with van der Waals surface area (Å²) in [4.78, 5) is 35.8. The number of hydrogen-bond acceptors (Lipinski definition) is 9. The first-order chi connectivity index (χ1) is 16.1. The number of nitrogens with one attached hydrogen (secondary N) is 2. The molecule has 14 heteroatoms. The van der Waals surface area contributed by atoms with Gasteiger partial charge in [0.05, 0.1) is 25.4 Å². The van der Waals surface area contributed by atoms with E-state index < -0.39 is 37.6 Å². The van der Waals surface area contributed by atoms with Gasteiger partial charge in [0, 0.05) is 6.04 Å². The van der Waals surface area contributed by atoms with Crippen LogP contribution in [0.4, 0.5) is 5.82 Å². The van der Waals surface area contributed by atoms with Crippen molar-refractivity contribution in [2.75, 3.05) is 12.1 Å². The summed E-state index contributed by atoms with van der Waals surface area (Å²) in [5.41, 5.74) is 6.84. The number of carboxylic acids is 1. The van der Waals surface area contributed by atoms with Crippen LogP contribution in [0.25, 0.3) is 11.2 Å². The molecule has 1 aliphatic carbocycles. The molecule has 0 aromatic carbocycles. The number of anilines is 1. The van der Waals surface area contributed by atoms with Crippen LogP contribution in [0.15, 0.2) is 12.7 Å². The highest BCUT2D eigenvalue weighted by atomic mass is 31.2. The molecule has 188 valence electrons. The Labute approximate surface area is 197 Å². The highest BCUT2D eigenvalue weighted by Gasteiger charge is 2.32. The molecule has 0 radical (unpaired) electrons. The molecule has 0 aliphatic heterocycles. The van der Waals surface area contributed by atoms with Gasteiger partial charge in [0.2, 0.25) is 7.44 Å². The Kier molecular flexibility index (Phi) is 8.58. The van der Waals surface area contributed by atoms with E-state index in [2.05, 4.69) is 25.1 Å². The minimum absolute atomic E-state index is 0.103. The fourth-order valence-corrected chi connectivity index (χ4v) is 5.71. The summed E-state index contributed by atoms with van der Waals surface area (Å²) >= 11 is 0. The number of rotatable bonds is 13. The average molecular weight is 497 g/mol. The summed E-state index contributed by atoms with van der Waals surface area (Å²) in [5.74, 6) is -1.27. The molecule has 0 spiro atoms. The van der Waals surface area contributed by atoms with Crippen LogP contribution < -0.4 is 15.9 Å². The second-order valence-corrected chi connectivity index (χ2v) is 10.9. The maximum Gasteiger partial charge on any atom is 0.323 e. The molecular formula is C20H32N7O6P. The van der Waals surface area contributed by atoms with Crippen molar-refractivity contribution in [2.45, 2.75) is 77.3 Å². The number of ether oxygens (including phenoxy) is 2. The van der Waals surface area contributed by atoms with Gasteiger partial charge < -0.3 is 24.9 Å². The quantitative estimate of drug-likeness (QED) is 0.231.